The van der Waals surface area contributed by atoms with E-state index >= 15 is 0 Å². The molecule has 1 unspecified atom stereocenters. The minimum atomic E-state index is -0.854. The molecular formula is C9H10O3. The van der Waals surface area contributed by atoms with Crippen molar-refractivity contribution in [3.63, 3.8) is 0 Å². The maximum absolute atomic E-state index is 10.7. The van der Waals surface area contributed by atoms with Crippen LogP contribution in [0.15, 0.2) is 23.7 Å². The summed E-state index contributed by atoms with van der Waals surface area (Å²) in [6.07, 6.45) is 6.04. The first-order chi connectivity index (χ1) is 5.79. The van der Waals surface area contributed by atoms with E-state index in [4.69, 9.17) is 9.84 Å². The Bertz CT molecular complexity index is 275. The molecule has 0 radical (unpaired) electrons. The van der Waals surface area contributed by atoms with Crippen LogP contribution in [-0.2, 0) is 9.53 Å². The predicted molar refractivity (Wildman–Crippen MR) is 42.2 cm³/mol. The average Bonchev–Trinajstić information content (AvgIpc) is 2.49. The second kappa shape index (κ2) is 2.66. The van der Waals surface area contributed by atoms with E-state index in [-0.39, 0.29) is 5.92 Å². The number of aliphatic carboxylic acids is 1. The average molecular weight is 166 g/mol. The van der Waals surface area contributed by atoms with Crippen molar-refractivity contribution in [1.29, 1.82) is 0 Å². The number of fused-ring (bicyclic) bond motifs is 1. The van der Waals surface area contributed by atoms with Gasteiger partial charge >= 0.3 is 5.97 Å². The second-order valence-electron chi connectivity index (χ2n) is 3.15. The summed E-state index contributed by atoms with van der Waals surface area (Å²) < 4.78 is 4.95. The lowest BCUT2D eigenvalue weighted by molar-refractivity contribution is -0.133. The molecule has 0 bridgehead atoms. The van der Waals surface area contributed by atoms with Gasteiger partial charge in [0.2, 0.25) is 0 Å². The van der Waals surface area contributed by atoms with Crippen molar-refractivity contribution in [2.24, 2.45) is 5.92 Å². The Morgan fingerprint density at radius 3 is 3.17 bits per heavy atom. The predicted octanol–water partition coefficient (Wildman–Crippen LogP) is 1.67. The van der Waals surface area contributed by atoms with E-state index < -0.39 is 5.97 Å². The maximum atomic E-state index is 10.7. The zero-order valence-electron chi connectivity index (χ0n) is 6.62. The molecule has 2 rings (SSSR count). The fourth-order valence-electron chi connectivity index (χ4n) is 1.84. The third-order valence-electron chi connectivity index (χ3n) is 2.44. The van der Waals surface area contributed by atoms with Crippen LogP contribution < -0.4 is 0 Å². The Hall–Kier alpha value is -1.25. The first kappa shape index (κ1) is 7.40. The molecule has 1 heterocycles. The van der Waals surface area contributed by atoms with Crippen LogP contribution in [-0.4, -0.2) is 11.1 Å². The van der Waals surface area contributed by atoms with Crippen molar-refractivity contribution in [2.75, 3.05) is 0 Å². The molecule has 0 aromatic heterocycles. The summed E-state index contributed by atoms with van der Waals surface area (Å²) in [5.74, 6) is -0.733. The van der Waals surface area contributed by atoms with Crippen LogP contribution in [0.2, 0.25) is 0 Å². The summed E-state index contributed by atoms with van der Waals surface area (Å²) in [7, 11) is 0. The van der Waals surface area contributed by atoms with Crippen LogP contribution in [0, 0.1) is 5.92 Å². The van der Waals surface area contributed by atoms with Gasteiger partial charge in [-0.1, -0.05) is 0 Å². The molecule has 0 aromatic carbocycles. The lowest BCUT2D eigenvalue weighted by atomic mass is 9.94. The molecule has 3 nitrogen and oxygen atoms in total. The molecule has 0 amide bonds. The fourth-order valence-corrected chi connectivity index (χ4v) is 1.84. The van der Waals surface area contributed by atoms with Crippen LogP contribution in [0.25, 0.3) is 0 Å². The first-order valence-electron chi connectivity index (χ1n) is 4.07. The SMILES string of the molecule is O=C(O)C1=COC=C2CCCC21. The van der Waals surface area contributed by atoms with Crippen LogP contribution in [0.1, 0.15) is 19.3 Å². The number of carboxylic acid groups (broad SMARTS) is 1. The monoisotopic (exact) mass is 166 g/mol. The van der Waals surface area contributed by atoms with Crippen LogP contribution in [0.3, 0.4) is 0 Å². The largest absolute Gasteiger partial charge is 0.478 e. The van der Waals surface area contributed by atoms with E-state index in [0.717, 1.165) is 24.8 Å². The van der Waals surface area contributed by atoms with Gasteiger partial charge in [-0.15, -0.1) is 0 Å². The molecule has 0 spiro atoms. The Labute approximate surface area is 70.3 Å². The molecule has 1 N–H and O–H groups in total. The number of carbonyl (C=O) groups is 1. The molecule has 1 fully saturated rings. The Kier molecular flexibility index (Phi) is 1.64. The molecule has 0 aromatic rings. The molecule has 2 aliphatic rings. The lowest BCUT2D eigenvalue weighted by Gasteiger charge is -2.16. The Morgan fingerprint density at radius 1 is 1.58 bits per heavy atom. The minimum Gasteiger partial charge on any atom is -0.478 e. The summed E-state index contributed by atoms with van der Waals surface area (Å²) in [4.78, 5) is 10.7. The van der Waals surface area contributed by atoms with Gasteiger partial charge in [-0.3, -0.25) is 0 Å². The standard InChI is InChI=1S/C9H10O3/c10-9(11)8-5-12-4-6-2-1-3-7(6)8/h4-5,7H,1-3H2,(H,10,11). The topological polar surface area (TPSA) is 46.5 Å². The molecule has 1 atom stereocenters. The van der Waals surface area contributed by atoms with Gasteiger partial charge in [-0.05, 0) is 24.8 Å². The second-order valence-corrected chi connectivity index (χ2v) is 3.15. The van der Waals surface area contributed by atoms with Crippen LogP contribution in [0.4, 0.5) is 0 Å². The van der Waals surface area contributed by atoms with Crippen molar-refractivity contribution < 1.29 is 14.6 Å². The summed E-state index contributed by atoms with van der Waals surface area (Å²) in [5.41, 5.74) is 1.54. The summed E-state index contributed by atoms with van der Waals surface area (Å²) in [6.45, 7) is 0. The summed E-state index contributed by atoms with van der Waals surface area (Å²) in [5, 5.41) is 8.81. The van der Waals surface area contributed by atoms with Crippen molar-refractivity contribution >= 4 is 5.97 Å². The molecular weight excluding hydrogens is 156 g/mol. The smallest absolute Gasteiger partial charge is 0.335 e. The highest BCUT2D eigenvalue weighted by Crippen LogP contribution is 2.38. The van der Waals surface area contributed by atoms with Gasteiger partial charge in [0.15, 0.2) is 0 Å². The van der Waals surface area contributed by atoms with Gasteiger partial charge in [-0.25, -0.2) is 4.79 Å². The molecule has 64 valence electrons. The number of ether oxygens (including phenoxy) is 1. The Balaban J connectivity index is 2.26. The van der Waals surface area contributed by atoms with E-state index in [9.17, 15) is 4.79 Å². The van der Waals surface area contributed by atoms with E-state index in [0.29, 0.717) is 5.57 Å². The third-order valence-corrected chi connectivity index (χ3v) is 2.44. The van der Waals surface area contributed by atoms with Crippen molar-refractivity contribution in [1.82, 2.24) is 0 Å². The van der Waals surface area contributed by atoms with Gasteiger partial charge in [0.25, 0.3) is 0 Å². The van der Waals surface area contributed by atoms with Crippen molar-refractivity contribution in [3.05, 3.63) is 23.7 Å². The summed E-state index contributed by atoms with van der Waals surface area (Å²) >= 11 is 0. The molecule has 1 aliphatic heterocycles. The first-order valence-corrected chi connectivity index (χ1v) is 4.07. The van der Waals surface area contributed by atoms with Crippen LogP contribution >= 0.6 is 0 Å². The number of rotatable bonds is 1. The molecule has 12 heavy (non-hydrogen) atoms. The zero-order chi connectivity index (χ0) is 8.55. The van der Waals surface area contributed by atoms with E-state index in [1.54, 1.807) is 6.26 Å². The lowest BCUT2D eigenvalue weighted by Crippen LogP contribution is -2.14. The zero-order valence-corrected chi connectivity index (χ0v) is 6.62. The number of hydrogen-bond acceptors (Lipinski definition) is 2. The molecule has 1 aliphatic carbocycles. The fraction of sp³-hybridized carbons (Fsp3) is 0.444. The van der Waals surface area contributed by atoms with Gasteiger partial charge in [0.05, 0.1) is 11.8 Å². The maximum Gasteiger partial charge on any atom is 0.335 e. The van der Waals surface area contributed by atoms with Crippen molar-refractivity contribution in [3.8, 4) is 0 Å². The van der Waals surface area contributed by atoms with Gasteiger partial charge < -0.3 is 9.84 Å². The molecule has 1 saturated carbocycles. The highest BCUT2D eigenvalue weighted by Gasteiger charge is 2.31. The Morgan fingerprint density at radius 2 is 2.42 bits per heavy atom. The van der Waals surface area contributed by atoms with E-state index in [2.05, 4.69) is 0 Å². The summed E-state index contributed by atoms with van der Waals surface area (Å²) in [6, 6.07) is 0. The van der Waals surface area contributed by atoms with Gasteiger partial charge in [0.1, 0.15) is 6.26 Å². The van der Waals surface area contributed by atoms with Crippen LogP contribution in [0.5, 0.6) is 0 Å². The number of allylic oxidation sites excluding steroid dienone is 1. The normalized spacial score (nSPS) is 26.8. The minimum absolute atomic E-state index is 0.122. The van der Waals surface area contributed by atoms with E-state index in [1.807, 2.05) is 0 Å². The van der Waals surface area contributed by atoms with E-state index in [1.165, 1.54) is 6.26 Å². The highest BCUT2D eigenvalue weighted by molar-refractivity contribution is 5.88. The number of carboxylic acids is 1. The third kappa shape index (κ3) is 1.02. The van der Waals surface area contributed by atoms with Gasteiger partial charge in [0, 0.05) is 5.92 Å². The molecule has 0 saturated heterocycles. The number of hydrogen-bond donors (Lipinski definition) is 1. The quantitative estimate of drug-likeness (QED) is 0.644. The highest BCUT2D eigenvalue weighted by atomic mass is 16.5. The van der Waals surface area contributed by atoms with Gasteiger partial charge in [-0.2, -0.15) is 0 Å². The molecule has 3 heteroatoms. The van der Waals surface area contributed by atoms with Crippen molar-refractivity contribution in [2.45, 2.75) is 19.3 Å².